The lowest BCUT2D eigenvalue weighted by atomic mass is 10.2. The number of amides is 2. The Kier molecular flexibility index (Phi) is 12.7. The monoisotopic (exact) mass is 672 g/mol. The quantitative estimate of drug-likeness (QED) is 0.110. The lowest BCUT2D eigenvalue weighted by Crippen LogP contribution is -2.25. The second-order valence-corrected chi connectivity index (χ2v) is 9.81. The van der Waals surface area contributed by atoms with Crippen molar-refractivity contribution in [3.05, 3.63) is 84.6 Å². The van der Waals surface area contributed by atoms with Gasteiger partial charge in [-0.3, -0.25) is 4.90 Å². The zero-order valence-corrected chi connectivity index (χ0v) is 27.1. The first-order valence-electron chi connectivity index (χ1n) is 15.3. The van der Waals surface area contributed by atoms with Crippen molar-refractivity contribution in [1.82, 2.24) is 9.97 Å². The van der Waals surface area contributed by atoms with Crippen molar-refractivity contribution in [3.8, 4) is 11.5 Å². The van der Waals surface area contributed by atoms with Gasteiger partial charge >= 0.3 is 23.9 Å². The number of carbonyl (C=O) groups is 4. The Bertz CT molecular complexity index is 1670. The number of rotatable bonds is 15. The van der Waals surface area contributed by atoms with E-state index in [0.717, 1.165) is 0 Å². The number of ether oxygens (including phenoxy) is 5. The van der Waals surface area contributed by atoms with Crippen LogP contribution < -0.4 is 30.7 Å². The van der Waals surface area contributed by atoms with Gasteiger partial charge in [-0.25, -0.2) is 24.2 Å². The molecule has 0 aliphatic carbocycles. The normalized spacial score (nSPS) is 10.3. The fourth-order valence-corrected chi connectivity index (χ4v) is 4.29. The Morgan fingerprint density at radius 3 is 1.67 bits per heavy atom. The van der Waals surface area contributed by atoms with Gasteiger partial charge in [-0.2, -0.15) is 4.98 Å². The van der Waals surface area contributed by atoms with Gasteiger partial charge in [0.05, 0.1) is 19.8 Å². The first-order chi connectivity index (χ1) is 23.7. The Morgan fingerprint density at radius 2 is 1.18 bits per heavy atom. The largest absolute Gasteiger partial charge is 0.482 e. The maximum absolute atomic E-state index is 13.2. The van der Waals surface area contributed by atoms with Gasteiger partial charge < -0.3 is 40.1 Å². The molecule has 3 aromatic carbocycles. The molecule has 49 heavy (non-hydrogen) atoms. The first kappa shape index (κ1) is 35.5. The van der Waals surface area contributed by atoms with E-state index in [-0.39, 0.29) is 56.2 Å². The van der Waals surface area contributed by atoms with E-state index in [0.29, 0.717) is 28.6 Å². The highest BCUT2D eigenvalue weighted by molar-refractivity contribution is 6.06. The van der Waals surface area contributed by atoms with E-state index >= 15 is 0 Å². The standard InChI is InChI=1S/C34H36N6O9/c1-4-45-27(41)20-48-25-16-12-23(13-17-25)40(24-14-18-26(19-15-24)49-21-28(42)46-5-2)33-37-30(32(43)47-6-3)29(31(35)39-33)38-34(44)36-22-10-8-7-9-11-22/h7-19H,4-6,20-21H2,1-3H3,(H2,35,37,39)(H2,36,38,44). The van der Waals surface area contributed by atoms with Crippen LogP contribution in [-0.4, -0.2) is 66.9 Å². The van der Waals surface area contributed by atoms with Crippen molar-refractivity contribution in [2.45, 2.75) is 20.8 Å². The summed E-state index contributed by atoms with van der Waals surface area (Å²) in [5.41, 5.74) is 7.43. The second kappa shape index (κ2) is 17.5. The van der Waals surface area contributed by atoms with Gasteiger partial charge in [-0.15, -0.1) is 0 Å². The predicted molar refractivity (Wildman–Crippen MR) is 180 cm³/mol. The number of nitrogens with two attached hydrogens (primary N) is 1. The molecule has 0 aliphatic rings. The minimum Gasteiger partial charge on any atom is -0.482 e. The van der Waals surface area contributed by atoms with Crippen molar-refractivity contribution in [1.29, 1.82) is 0 Å². The van der Waals surface area contributed by atoms with Gasteiger partial charge in [-0.1, -0.05) is 18.2 Å². The highest BCUT2D eigenvalue weighted by Crippen LogP contribution is 2.36. The molecule has 4 N–H and O–H groups in total. The van der Waals surface area contributed by atoms with Crippen LogP contribution in [0.4, 0.5) is 39.3 Å². The molecule has 256 valence electrons. The van der Waals surface area contributed by atoms with Crippen LogP contribution in [-0.2, 0) is 23.8 Å². The van der Waals surface area contributed by atoms with E-state index in [9.17, 15) is 19.2 Å². The number of anilines is 6. The van der Waals surface area contributed by atoms with Crippen molar-refractivity contribution in [3.63, 3.8) is 0 Å². The van der Waals surface area contributed by atoms with Gasteiger partial charge in [0.15, 0.2) is 24.7 Å². The number of esters is 3. The number of urea groups is 1. The summed E-state index contributed by atoms with van der Waals surface area (Å²) < 4.78 is 26.1. The molecule has 0 atom stereocenters. The maximum atomic E-state index is 13.2. The number of nitrogens with one attached hydrogen (secondary N) is 2. The molecule has 1 aromatic heterocycles. The van der Waals surface area contributed by atoms with E-state index < -0.39 is 23.9 Å². The van der Waals surface area contributed by atoms with Crippen LogP contribution in [0.25, 0.3) is 0 Å². The lowest BCUT2D eigenvalue weighted by molar-refractivity contribution is -0.146. The van der Waals surface area contributed by atoms with E-state index in [1.807, 2.05) is 0 Å². The molecule has 2 amide bonds. The third-order valence-corrected chi connectivity index (χ3v) is 6.38. The van der Waals surface area contributed by atoms with Crippen molar-refractivity contribution in [2.24, 2.45) is 0 Å². The van der Waals surface area contributed by atoms with Crippen molar-refractivity contribution < 1.29 is 42.9 Å². The molecular weight excluding hydrogens is 636 g/mol. The Labute approximate surface area is 282 Å². The highest BCUT2D eigenvalue weighted by atomic mass is 16.6. The molecule has 0 saturated heterocycles. The van der Waals surface area contributed by atoms with Crippen molar-refractivity contribution >= 4 is 58.5 Å². The first-order valence-corrected chi connectivity index (χ1v) is 15.3. The minimum atomic E-state index is -0.849. The van der Waals surface area contributed by atoms with Gasteiger partial charge in [0.25, 0.3) is 0 Å². The van der Waals surface area contributed by atoms with Crippen LogP contribution in [0.3, 0.4) is 0 Å². The minimum absolute atomic E-state index is 0.0258. The zero-order valence-electron chi connectivity index (χ0n) is 27.1. The Hall–Kier alpha value is -6.38. The van der Waals surface area contributed by atoms with Gasteiger partial charge in [0.2, 0.25) is 5.95 Å². The molecule has 4 aromatic rings. The zero-order chi connectivity index (χ0) is 35.2. The number of nitrogens with zero attached hydrogens (tertiary/aromatic N) is 3. The summed E-state index contributed by atoms with van der Waals surface area (Å²) in [5, 5.41) is 5.22. The molecule has 4 rings (SSSR count). The SMILES string of the molecule is CCOC(=O)COc1ccc(N(c2ccc(OCC(=O)OCC)cc2)c2nc(N)c(NC(=O)Nc3ccccc3)c(C(=O)OCC)n2)cc1. The molecule has 0 bridgehead atoms. The molecule has 1 heterocycles. The fourth-order valence-electron chi connectivity index (χ4n) is 4.29. The van der Waals surface area contributed by atoms with Crippen LogP contribution in [0.5, 0.6) is 11.5 Å². The van der Waals surface area contributed by atoms with Crippen LogP contribution >= 0.6 is 0 Å². The number of nitrogen functional groups attached to an aromatic ring is 1. The number of hydrogen-bond donors (Lipinski definition) is 3. The van der Waals surface area contributed by atoms with Crippen LogP contribution in [0.1, 0.15) is 31.3 Å². The number of carbonyl (C=O) groups excluding carboxylic acids is 4. The number of para-hydroxylation sites is 1. The average Bonchev–Trinajstić information content (AvgIpc) is 3.09. The summed E-state index contributed by atoms with van der Waals surface area (Å²) in [7, 11) is 0. The van der Waals surface area contributed by atoms with E-state index in [4.69, 9.17) is 29.4 Å². The molecule has 0 aliphatic heterocycles. The number of benzene rings is 3. The van der Waals surface area contributed by atoms with E-state index in [2.05, 4.69) is 20.6 Å². The van der Waals surface area contributed by atoms with Crippen molar-refractivity contribution in [2.75, 3.05) is 54.3 Å². The molecule has 0 spiro atoms. The molecule has 0 fully saturated rings. The van der Waals surface area contributed by atoms with Crippen LogP contribution in [0.15, 0.2) is 78.9 Å². The third-order valence-electron chi connectivity index (χ3n) is 6.38. The molecule has 0 saturated carbocycles. The molecule has 0 unspecified atom stereocenters. The summed E-state index contributed by atoms with van der Waals surface area (Å²) in [6, 6.07) is 21.2. The van der Waals surface area contributed by atoms with E-state index in [1.54, 1.807) is 105 Å². The summed E-state index contributed by atoms with van der Waals surface area (Å²) in [6.45, 7) is 4.95. The average molecular weight is 673 g/mol. The molecule has 0 radical (unpaired) electrons. The maximum Gasteiger partial charge on any atom is 0.359 e. The lowest BCUT2D eigenvalue weighted by Gasteiger charge is -2.25. The second-order valence-electron chi connectivity index (χ2n) is 9.81. The van der Waals surface area contributed by atoms with Crippen LogP contribution in [0, 0.1) is 0 Å². The summed E-state index contributed by atoms with van der Waals surface area (Å²) in [4.78, 5) is 60.1. The van der Waals surface area contributed by atoms with Gasteiger partial charge in [-0.05, 0) is 81.4 Å². The molecular formula is C34H36N6O9. The summed E-state index contributed by atoms with van der Waals surface area (Å²) in [5.74, 6) is -1.37. The van der Waals surface area contributed by atoms with Gasteiger partial charge in [0.1, 0.15) is 17.2 Å². The molecule has 15 heteroatoms. The van der Waals surface area contributed by atoms with Gasteiger partial charge in [0, 0.05) is 17.1 Å². The topological polar surface area (TPSA) is 194 Å². The number of aromatic nitrogens is 2. The predicted octanol–water partition coefficient (Wildman–Crippen LogP) is 5.23. The smallest absolute Gasteiger partial charge is 0.359 e. The number of hydrogen-bond acceptors (Lipinski definition) is 13. The molecule has 15 nitrogen and oxygen atoms in total. The Balaban J connectivity index is 1.72. The van der Waals surface area contributed by atoms with E-state index in [1.165, 1.54) is 0 Å². The Morgan fingerprint density at radius 1 is 0.673 bits per heavy atom. The fraction of sp³-hybridized carbons (Fsp3) is 0.235. The summed E-state index contributed by atoms with van der Waals surface area (Å²) >= 11 is 0. The summed E-state index contributed by atoms with van der Waals surface area (Å²) in [6.07, 6.45) is 0. The van der Waals surface area contributed by atoms with Crippen LogP contribution in [0.2, 0.25) is 0 Å². The highest BCUT2D eigenvalue weighted by Gasteiger charge is 2.26. The third kappa shape index (κ3) is 10.1.